The molecule has 0 aliphatic heterocycles. The minimum absolute atomic E-state index is 0.121. The van der Waals surface area contributed by atoms with Crippen LogP contribution in [-0.2, 0) is 0 Å². The van der Waals surface area contributed by atoms with E-state index in [1.165, 1.54) is 18.3 Å². The van der Waals surface area contributed by atoms with Crippen molar-refractivity contribution in [1.82, 2.24) is 4.98 Å². The predicted molar refractivity (Wildman–Crippen MR) is 70.6 cm³/mol. The van der Waals surface area contributed by atoms with Gasteiger partial charge >= 0.3 is 6.36 Å². The van der Waals surface area contributed by atoms with Crippen molar-refractivity contribution in [3.8, 4) is 5.75 Å². The Bertz CT molecular complexity index is 644. The van der Waals surface area contributed by atoms with E-state index >= 15 is 0 Å². The molecule has 1 aromatic carbocycles. The zero-order valence-corrected chi connectivity index (χ0v) is 11.1. The molecule has 1 heterocycles. The van der Waals surface area contributed by atoms with Crippen LogP contribution in [0.25, 0.3) is 0 Å². The molecule has 112 valence electrons. The molecular weight excluding hydrogens is 285 g/mol. The van der Waals surface area contributed by atoms with Crippen LogP contribution in [0.2, 0.25) is 0 Å². The van der Waals surface area contributed by atoms with Crippen molar-refractivity contribution in [2.75, 3.05) is 5.73 Å². The van der Waals surface area contributed by atoms with Crippen LogP contribution in [0.3, 0.4) is 0 Å². The number of pyridine rings is 1. The highest BCUT2D eigenvalue weighted by atomic mass is 19.4. The first-order valence-electron chi connectivity index (χ1n) is 6.02. The Morgan fingerprint density at radius 3 is 2.67 bits per heavy atom. The van der Waals surface area contributed by atoms with Crippen molar-refractivity contribution in [2.24, 2.45) is 0 Å². The summed E-state index contributed by atoms with van der Waals surface area (Å²) in [6.45, 7) is 1.77. The summed E-state index contributed by atoms with van der Waals surface area (Å²) in [4.78, 5) is 3.91. The molecule has 0 aliphatic carbocycles. The van der Waals surface area contributed by atoms with Gasteiger partial charge in [-0.15, -0.1) is 13.2 Å². The lowest BCUT2D eigenvalue weighted by atomic mass is 10.0. The second kappa shape index (κ2) is 5.61. The number of rotatable bonds is 3. The SMILES string of the molecule is Cc1cnc(N)c(C(O)c2cccc(OC(F)(F)F)c2)c1. The molecule has 0 saturated heterocycles. The quantitative estimate of drug-likeness (QED) is 0.914. The number of aryl methyl sites for hydroxylation is 1. The van der Waals surface area contributed by atoms with Gasteiger partial charge in [-0.2, -0.15) is 0 Å². The van der Waals surface area contributed by atoms with E-state index in [1.807, 2.05) is 0 Å². The van der Waals surface area contributed by atoms with E-state index in [-0.39, 0.29) is 11.4 Å². The molecule has 0 bridgehead atoms. The second-order valence-electron chi connectivity index (χ2n) is 4.51. The van der Waals surface area contributed by atoms with E-state index in [0.29, 0.717) is 5.56 Å². The molecular formula is C14H13F3N2O2. The van der Waals surface area contributed by atoms with Crippen LogP contribution < -0.4 is 10.5 Å². The zero-order valence-electron chi connectivity index (χ0n) is 11.1. The standard InChI is InChI=1S/C14H13F3N2O2/c1-8-5-11(13(18)19-7-8)12(20)9-3-2-4-10(6-9)21-14(15,16)17/h2-7,12,20H,1H3,(H2,18,19). The molecule has 2 rings (SSSR count). The Balaban J connectivity index is 2.33. The smallest absolute Gasteiger partial charge is 0.406 e. The molecule has 0 amide bonds. The number of aliphatic hydroxyl groups excluding tert-OH is 1. The molecule has 4 nitrogen and oxygen atoms in total. The molecule has 3 N–H and O–H groups in total. The third-order valence-corrected chi connectivity index (χ3v) is 2.79. The Labute approximate surface area is 119 Å². The number of hydrogen-bond donors (Lipinski definition) is 2. The first-order valence-corrected chi connectivity index (χ1v) is 6.02. The molecule has 1 aromatic heterocycles. The van der Waals surface area contributed by atoms with Crippen molar-refractivity contribution >= 4 is 5.82 Å². The Morgan fingerprint density at radius 1 is 1.29 bits per heavy atom. The van der Waals surface area contributed by atoms with Crippen LogP contribution >= 0.6 is 0 Å². The van der Waals surface area contributed by atoms with Gasteiger partial charge in [0, 0.05) is 11.8 Å². The van der Waals surface area contributed by atoms with Gasteiger partial charge < -0.3 is 15.6 Å². The maximum absolute atomic E-state index is 12.2. The van der Waals surface area contributed by atoms with Crippen molar-refractivity contribution in [2.45, 2.75) is 19.4 Å². The fourth-order valence-electron chi connectivity index (χ4n) is 1.88. The molecule has 7 heteroatoms. The van der Waals surface area contributed by atoms with Gasteiger partial charge in [-0.3, -0.25) is 0 Å². The van der Waals surface area contributed by atoms with E-state index < -0.39 is 18.2 Å². The van der Waals surface area contributed by atoms with Crippen LogP contribution in [0.15, 0.2) is 36.5 Å². The lowest BCUT2D eigenvalue weighted by molar-refractivity contribution is -0.274. The van der Waals surface area contributed by atoms with E-state index in [9.17, 15) is 18.3 Å². The normalized spacial score (nSPS) is 13.0. The Kier molecular flexibility index (Phi) is 4.04. The third kappa shape index (κ3) is 3.85. The second-order valence-corrected chi connectivity index (χ2v) is 4.51. The van der Waals surface area contributed by atoms with Crippen molar-refractivity contribution in [3.63, 3.8) is 0 Å². The summed E-state index contributed by atoms with van der Waals surface area (Å²) >= 11 is 0. The number of nitrogen functional groups attached to an aromatic ring is 1. The minimum Gasteiger partial charge on any atom is -0.406 e. The number of alkyl halides is 3. The number of halogens is 3. The summed E-state index contributed by atoms with van der Waals surface area (Å²) in [5.74, 6) is -0.284. The summed E-state index contributed by atoms with van der Waals surface area (Å²) in [5.41, 5.74) is 7.03. The van der Waals surface area contributed by atoms with E-state index in [2.05, 4.69) is 9.72 Å². The van der Waals surface area contributed by atoms with Crippen molar-refractivity contribution in [1.29, 1.82) is 0 Å². The number of aliphatic hydroxyl groups is 1. The average molecular weight is 298 g/mol. The number of nitrogens with zero attached hydrogens (tertiary/aromatic N) is 1. The van der Waals surface area contributed by atoms with E-state index in [1.54, 1.807) is 13.0 Å². The van der Waals surface area contributed by atoms with Crippen molar-refractivity contribution in [3.05, 3.63) is 53.2 Å². The number of benzene rings is 1. The molecule has 0 fully saturated rings. The van der Waals surface area contributed by atoms with Gasteiger partial charge in [-0.05, 0) is 36.2 Å². The first kappa shape index (κ1) is 15.1. The molecule has 0 spiro atoms. The van der Waals surface area contributed by atoms with Gasteiger partial charge in [-0.25, -0.2) is 4.98 Å². The Morgan fingerprint density at radius 2 is 2.00 bits per heavy atom. The van der Waals surface area contributed by atoms with Crippen LogP contribution in [0.1, 0.15) is 22.8 Å². The van der Waals surface area contributed by atoms with E-state index in [0.717, 1.165) is 17.7 Å². The highest BCUT2D eigenvalue weighted by Gasteiger charge is 2.31. The summed E-state index contributed by atoms with van der Waals surface area (Å²) in [5, 5.41) is 10.3. The molecule has 0 radical (unpaired) electrons. The molecule has 1 atom stereocenters. The fraction of sp³-hybridized carbons (Fsp3) is 0.214. The summed E-state index contributed by atoms with van der Waals surface area (Å²) in [6, 6.07) is 6.74. The van der Waals surface area contributed by atoms with Crippen molar-refractivity contribution < 1.29 is 23.0 Å². The third-order valence-electron chi connectivity index (χ3n) is 2.79. The number of ether oxygens (including phenoxy) is 1. The summed E-state index contributed by atoms with van der Waals surface area (Å²) in [6.07, 6.45) is -4.43. The number of anilines is 1. The minimum atomic E-state index is -4.78. The van der Waals surface area contributed by atoms with Crippen LogP contribution in [0, 0.1) is 6.92 Å². The molecule has 1 unspecified atom stereocenters. The van der Waals surface area contributed by atoms with Gasteiger partial charge in [0.15, 0.2) is 0 Å². The largest absolute Gasteiger partial charge is 0.573 e. The Hall–Kier alpha value is -2.28. The summed E-state index contributed by atoms with van der Waals surface area (Å²) < 4.78 is 40.4. The average Bonchev–Trinajstić information content (AvgIpc) is 2.39. The van der Waals surface area contributed by atoms with Gasteiger partial charge in [0.25, 0.3) is 0 Å². The maximum atomic E-state index is 12.2. The van der Waals surface area contributed by atoms with Gasteiger partial charge in [0.1, 0.15) is 17.7 Å². The topological polar surface area (TPSA) is 68.4 Å². The fourth-order valence-corrected chi connectivity index (χ4v) is 1.88. The predicted octanol–water partition coefficient (Wildman–Crippen LogP) is 2.95. The highest BCUT2D eigenvalue weighted by Crippen LogP contribution is 2.30. The lowest BCUT2D eigenvalue weighted by Gasteiger charge is -2.15. The number of hydrogen-bond acceptors (Lipinski definition) is 4. The number of aromatic nitrogens is 1. The number of nitrogens with two attached hydrogens (primary N) is 1. The molecule has 21 heavy (non-hydrogen) atoms. The van der Waals surface area contributed by atoms with Gasteiger partial charge in [-0.1, -0.05) is 12.1 Å². The van der Waals surface area contributed by atoms with Gasteiger partial charge in [0.05, 0.1) is 0 Å². The monoisotopic (exact) mass is 298 g/mol. The lowest BCUT2D eigenvalue weighted by Crippen LogP contribution is -2.17. The van der Waals surface area contributed by atoms with E-state index in [4.69, 9.17) is 5.73 Å². The van der Waals surface area contributed by atoms with Crippen LogP contribution in [-0.4, -0.2) is 16.5 Å². The maximum Gasteiger partial charge on any atom is 0.573 e. The van der Waals surface area contributed by atoms with Crippen LogP contribution in [0.5, 0.6) is 5.75 Å². The highest BCUT2D eigenvalue weighted by molar-refractivity contribution is 5.46. The molecule has 0 saturated carbocycles. The zero-order chi connectivity index (χ0) is 15.6. The van der Waals surface area contributed by atoms with Gasteiger partial charge in [0.2, 0.25) is 0 Å². The molecule has 0 aliphatic rings. The summed E-state index contributed by atoms with van der Waals surface area (Å²) in [7, 11) is 0. The van der Waals surface area contributed by atoms with Crippen LogP contribution in [0.4, 0.5) is 19.0 Å². The first-order chi connectivity index (χ1) is 9.76. The molecule has 2 aromatic rings.